The monoisotopic (exact) mass is 417 g/mol. The molecule has 28 heavy (non-hydrogen) atoms. The van der Waals surface area contributed by atoms with Crippen molar-refractivity contribution in [3.63, 3.8) is 0 Å². The molecule has 0 spiro atoms. The number of phosphoric acid groups is 1. The zero-order chi connectivity index (χ0) is 20.1. The fraction of sp³-hybridized carbons (Fsp3) is 0.667. The number of hydrogen-bond donors (Lipinski definition) is 2. The molecular weight excluding hydrogens is 396 g/mol. The summed E-state index contributed by atoms with van der Waals surface area (Å²) in [5.41, 5.74) is 2.97. The van der Waals surface area contributed by atoms with Gasteiger partial charge in [-0.3, -0.25) is 27.9 Å². The maximum atomic E-state index is 15.8. The summed E-state index contributed by atoms with van der Waals surface area (Å²) < 4.78 is 51.3. The van der Waals surface area contributed by atoms with Gasteiger partial charge in [0.2, 0.25) is 5.95 Å². The maximum absolute atomic E-state index is 15.8. The number of phosphoric ester groups is 1. The first-order chi connectivity index (χ1) is 13.2. The Labute approximate surface area is 158 Å². The molecule has 0 saturated carbocycles. The van der Waals surface area contributed by atoms with Crippen LogP contribution in [-0.2, 0) is 22.9 Å². The molecule has 0 bridgehead atoms. The van der Waals surface area contributed by atoms with Crippen LogP contribution in [0.5, 0.6) is 0 Å². The van der Waals surface area contributed by atoms with Gasteiger partial charge in [-0.1, -0.05) is 13.3 Å². The third-order valence-corrected chi connectivity index (χ3v) is 6.22. The number of alkyl halides is 1. The summed E-state index contributed by atoms with van der Waals surface area (Å²) in [7, 11) is -3.90. The van der Waals surface area contributed by atoms with Gasteiger partial charge in [-0.15, -0.1) is 0 Å². The number of hydrogen-bond acceptors (Lipinski definition) is 9. The zero-order valence-corrected chi connectivity index (χ0v) is 16.2. The summed E-state index contributed by atoms with van der Waals surface area (Å²) in [6.45, 7) is 3.23. The van der Waals surface area contributed by atoms with Crippen LogP contribution in [0, 0.1) is 0 Å². The third-order valence-electron chi connectivity index (χ3n) is 4.77. The molecule has 4 heterocycles. The standard InChI is InChI=1S/C15H21FN5O6P/c1-3-4-5-24-28(23)25-6-8-10(27-28)15(2,16)13(26-8)21-7-18-9-11(21)19-14(17)20-12(9)22/h7-8,10,13H,3-6H2,1-2H3,(H3,17,19,20,22)/t8-,10-,13-,15-,28-/m1/s1. The van der Waals surface area contributed by atoms with E-state index in [9.17, 15) is 9.36 Å². The summed E-state index contributed by atoms with van der Waals surface area (Å²) in [5, 5.41) is 0. The van der Waals surface area contributed by atoms with E-state index in [1.165, 1.54) is 17.8 Å². The second-order valence-electron chi connectivity index (χ2n) is 6.91. The molecular formula is C15H21FN5O6P. The van der Waals surface area contributed by atoms with Gasteiger partial charge in [0.25, 0.3) is 5.56 Å². The number of halogens is 1. The maximum Gasteiger partial charge on any atom is 0.475 e. The molecule has 2 aromatic heterocycles. The lowest BCUT2D eigenvalue weighted by molar-refractivity contribution is -0.0707. The molecule has 0 radical (unpaired) electrons. The number of nitrogens with two attached hydrogens (primary N) is 1. The summed E-state index contributed by atoms with van der Waals surface area (Å²) in [4.78, 5) is 22.3. The van der Waals surface area contributed by atoms with Crippen LogP contribution in [0.15, 0.2) is 11.1 Å². The number of nitrogens with one attached hydrogen (secondary N) is 1. The molecule has 0 unspecified atom stereocenters. The Balaban J connectivity index is 1.64. The van der Waals surface area contributed by atoms with E-state index in [-0.39, 0.29) is 30.3 Å². The van der Waals surface area contributed by atoms with E-state index >= 15 is 4.39 Å². The number of fused-ring (bicyclic) bond motifs is 2. The Morgan fingerprint density at radius 3 is 3.11 bits per heavy atom. The Morgan fingerprint density at radius 1 is 1.57 bits per heavy atom. The van der Waals surface area contributed by atoms with E-state index < -0.39 is 37.5 Å². The summed E-state index contributed by atoms with van der Waals surface area (Å²) in [6, 6.07) is 0. The second-order valence-corrected chi connectivity index (χ2v) is 8.53. The van der Waals surface area contributed by atoms with Crippen molar-refractivity contribution in [3.05, 3.63) is 16.7 Å². The van der Waals surface area contributed by atoms with E-state index in [4.69, 9.17) is 24.0 Å². The van der Waals surface area contributed by atoms with Gasteiger partial charge in [0, 0.05) is 0 Å². The molecule has 2 aliphatic rings. The Hall–Kier alpha value is -1.85. The average Bonchev–Trinajstić information content (AvgIpc) is 3.14. The highest BCUT2D eigenvalue weighted by atomic mass is 31.2. The number of H-pyrrole nitrogens is 1. The molecule has 2 aliphatic heterocycles. The van der Waals surface area contributed by atoms with Crippen LogP contribution in [-0.4, -0.2) is 50.6 Å². The Bertz CT molecular complexity index is 993. The minimum Gasteiger partial charge on any atom is -0.369 e. The Kier molecular flexibility index (Phi) is 4.79. The van der Waals surface area contributed by atoms with E-state index in [1.807, 2.05) is 6.92 Å². The highest BCUT2D eigenvalue weighted by Crippen LogP contribution is 2.59. The van der Waals surface area contributed by atoms with E-state index in [0.717, 1.165) is 6.42 Å². The van der Waals surface area contributed by atoms with Crippen LogP contribution in [0.25, 0.3) is 11.2 Å². The van der Waals surface area contributed by atoms with Gasteiger partial charge in [-0.2, -0.15) is 4.98 Å². The van der Waals surface area contributed by atoms with Crippen LogP contribution in [0.3, 0.4) is 0 Å². The van der Waals surface area contributed by atoms with Crippen LogP contribution in [0.2, 0.25) is 0 Å². The van der Waals surface area contributed by atoms with Gasteiger partial charge in [0.15, 0.2) is 23.1 Å². The summed E-state index contributed by atoms with van der Waals surface area (Å²) >= 11 is 0. The van der Waals surface area contributed by atoms with E-state index in [0.29, 0.717) is 6.42 Å². The first kappa shape index (κ1) is 19.5. The van der Waals surface area contributed by atoms with Gasteiger partial charge in [0.1, 0.15) is 12.2 Å². The van der Waals surface area contributed by atoms with Gasteiger partial charge in [-0.05, 0) is 13.3 Å². The number of aromatic nitrogens is 4. The van der Waals surface area contributed by atoms with Crippen molar-refractivity contribution in [2.75, 3.05) is 18.9 Å². The molecule has 2 saturated heterocycles. The van der Waals surface area contributed by atoms with Crippen molar-refractivity contribution in [1.82, 2.24) is 19.5 Å². The molecule has 13 heteroatoms. The van der Waals surface area contributed by atoms with E-state index in [2.05, 4.69) is 15.0 Å². The minimum absolute atomic E-state index is 0.00536. The molecule has 5 atom stereocenters. The third kappa shape index (κ3) is 3.15. The van der Waals surface area contributed by atoms with Gasteiger partial charge < -0.3 is 10.5 Å². The van der Waals surface area contributed by atoms with Crippen LogP contribution < -0.4 is 11.3 Å². The lowest BCUT2D eigenvalue weighted by atomic mass is 9.98. The van der Waals surface area contributed by atoms with Crippen molar-refractivity contribution in [1.29, 1.82) is 0 Å². The minimum atomic E-state index is -3.90. The molecule has 0 amide bonds. The summed E-state index contributed by atoms with van der Waals surface area (Å²) in [6.07, 6.45) is -0.527. The van der Waals surface area contributed by atoms with Gasteiger partial charge in [0.05, 0.1) is 19.5 Å². The number of nitrogens with zero attached hydrogens (tertiary/aromatic N) is 3. The zero-order valence-electron chi connectivity index (χ0n) is 15.3. The highest BCUT2D eigenvalue weighted by molar-refractivity contribution is 7.48. The molecule has 0 aliphatic carbocycles. The number of imidazole rings is 1. The quantitative estimate of drug-likeness (QED) is 0.548. The van der Waals surface area contributed by atoms with Crippen molar-refractivity contribution >= 4 is 24.9 Å². The Morgan fingerprint density at radius 2 is 2.36 bits per heavy atom. The molecule has 2 aromatic rings. The lowest BCUT2D eigenvalue weighted by Gasteiger charge is -2.33. The van der Waals surface area contributed by atoms with Crippen molar-refractivity contribution in [2.24, 2.45) is 0 Å². The first-order valence-electron chi connectivity index (χ1n) is 8.89. The van der Waals surface area contributed by atoms with Crippen LogP contribution in [0.1, 0.15) is 32.9 Å². The average molecular weight is 417 g/mol. The highest BCUT2D eigenvalue weighted by Gasteiger charge is 2.61. The van der Waals surface area contributed by atoms with Crippen molar-refractivity contribution in [2.45, 2.75) is 50.8 Å². The first-order valence-corrected chi connectivity index (χ1v) is 10.4. The van der Waals surface area contributed by atoms with Gasteiger partial charge >= 0.3 is 7.82 Å². The van der Waals surface area contributed by atoms with Crippen molar-refractivity contribution < 1.29 is 27.3 Å². The lowest BCUT2D eigenvalue weighted by Crippen LogP contribution is -2.44. The molecule has 2 fully saturated rings. The van der Waals surface area contributed by atoms with E-state index in [1.54, 1.807) is 0 Å². The smallest absolute Gasteiger partial charge is 0.369 e. The molecule has 11 nitrogen and oxygen atoms in total. The van der Waals surface area contributed by atoms with Crippen LogP contribution >= 0.6 is 7.82 Å². The number of unbranched alkanes of at least 4 members (excludes halogenated alkanes) is 1. The second kappa shape index (κ2) is 6.89. The SMILES string of the molecule is CCCCO[P@]1(=O)OC[C@H]2O[C@@H](n3cnc4c(=O)[nH]c(N)nc43)[C@](C)(F)[C@@H]2O1. The number of anilines is 1. The largest absolute Gasteiger partial charge is 0.475 e. The number of nitrogen functional groups attached to an aromatic ring is 1. The summed E-state index contributed by atoms with van der Waals surface area (Å²) in [5.74, 6) is -0.136. The fourth-order valence-corrected chi connectivity index (χ4v) is 4.84. The topological polar surface area (TPSA) is 144 Å². The predicted octanol–water partition coefficient (Wildman–Crippen LogP) is 1.67. The molecule has 154 valence electrons. The molecule has 3 N–H and O–H groups in total. The molecule has 0 aromatic carbocycles. The van der Waals surface area contributed by atoms with Crippen LogP contribution in [0.4, 0.5) is 10.3 Å². The number of aromatic amines is 1. The number of rotatable bonds is 5. The fourth-order valence-electron chi connectivity index (χ4n) is 3.35. The molecule has 4 rings (SSSR count). The number of ether oxygens (including phenoxy) is 1. The predicted molar refractivity (Wildman–Crippen MR) is 95.3 cm³/mol. The van der Waals surface area contributed by atoms with Crippen molar-refractivity contribution in [3.8, 4) is 0 Å². The normalized spacial score (nSPS) is 35.3. The van der Waals surface area contributed by atoms with Gasteiger partial charge in [-0.25, -0.2) is 13.9 Å².